The Bertz CT molecular complexity index is 2090. The van der Waals surface area contributed by atoms with E-state index in [2.05, 4.69) is 0 Å². The fourth-order valence-corrected chi connectivity index (χ4v) is 6.79. The molecule has 19 heteroatoms. The van der Waals surface area contributed by atoms with Crippen LogP contribution in [0.5, 0.6) is 23.0 Å². The van der Waals surface area contributed by atoms with Crippen molar-refractivity contribution in [3.8, 4) is 23.0 Å². The molecular formula is C48H64O19. The van der Waals surface area contributed by atoms with Crippen LogP contribution in [0.4, 0.5) is 0 Å². The van der Waals surface area contributed by atoms with E-state index < -0.39 is 72.3 Å². The van der Waals surface area contributed by atoms with Gasteiger partial charge in [-0.25, -0.2) is 9.59 Å². The van der Waals surface area contributed by atoms with Gasteiger partial charge in [-0.05, 0) is 88.1 Å². The zero-order valence-electron chi connectivity index (χ0n) is 38.5. The van der Waals surface area contributed by atoms with Crippen LogP contribution in [-0.2, 0) is 52.2 Å². The summed E-state index contributed by atoms with van der Waals surface area (Å²) in [5.74, 6) is -2.72. The molecule has 2 aromatic carbocycles. The van der Waals surface area contributed by atoms with Crippen LogP contribution >= 0.6 is 0 Å². The maximum absolute atomic E-state index is 13.4. The first-order valence-corrected chi connectivity index (χ1v) is 20.8. The van der Waals surface area contributed by atoms with Crippen LogP contribution in [-0.4, -0.2) is 149 Å². The molecule has 1 saturated heterocycles. The van der Waals surface area contributed by atoms with E-state index in [0.29, 0.717) is 23.5 Å². The molecule has 3 aliphatic rings. The van der Waals surface area contributed by atoms with E-state index >= 15 is 0 Å². The summed E-state index contributed by atoms with van der Waals surface area (Å²) < 4.78 is 65.3. The lowest BCUT2D eigenvalue weighted by Crippen LogP contribution is -2.34. The SMILES string of the molecule is C.COCO[C@@H]1/C=C\C(=O)[C@@H](O)[C@@H](O)C/C=C/c2cc(OC)cc(O)c2C(=O)O[C@H]1C.COCOc1cc(OC)cc2c1C(=O)O[C@@H](C)[C@H](OCOC)/C=C\C(=O)[C@H]1OC(C)(C)O[C@H]1CC=C2. The highest BCUT2D eigenvalue weighted by molar-refractivity contribution is 5.98. The summed E-state index contributed by atoms with van der Waals surface area (Å²) in [6, 6.07) is 6.07. The van der Waals surface area contributed by atoms with Crippen molar-refractivity contribution >= 4 is 35.7 Å². The number of aliphatic hydroxyl groups is 2. The summed E-state index contributed by atoms with van der Waals surface area (Å²) in [7, 11) is 7.28. The van der Waals surface area contributed by atoms with Crippen LogP contribution < -0.4 is 14.2 Å². The lowest BCUT2D eigenvalue weighted by atomic mass is 10.0. The Kier molecular flexibility index (Phi) is 22.3. The zero-order chi connectivity index (χ0) is 48.6. The minimum absolute atomic E-state index is 0. The second-order valence-electron chi connectivity index (χ2n) is 15.5. The van der Waals surface area contributed by atoms with E-state index in [4.69, 9.17) is 56.8 Å². The average Bonchev–Trinajstić information content (AvgIpc) is 3.60. The third-order valence-electron chi connectivity index (χ3n) is 10.1. The number of rotatable bonds is 11. The molecule has 1 fully saturated rings. The number of fused-ring (bicyclic) bond motifs is 3. The summed E-state index contributed by atoms with van der Waals surface area (Å²) in [5.41, 5.74) is 0.871. The van der Waals surface area contributed by atoms with Gasteiger partial charge in [-0.15, -0.1) is 0 Å². The number of aromatic hydroxyl groups is 1. The van der Waals surface area contributed by atoms with Crippen molar-refractivity contribution in [3.63, 3.8) is 0 Å². The Labute approximate surface area is 390 Å². The number of hydrogen-bond donors (Lipinski definition) is 3. The third kappa shape index (κ3) is 15.8. The van der Waals surface area contributed by atoms with Crippen molar-refractivity contribution in [1.82, 2.24) is 0 Å². The quantitative estimate of drug-likeness (QED) is 0.196. The highest BCUT2D eigenvalue weighted by Gasteiger charge is 2.44. The Morgan fingerprint density at radius 1 is 0.657 bits per heavy atom. The molecule has 3 N–H and O–H groups in total. The van der Waals surface area contributed by atoms with Gasteiger partial charge in [-0.2, -0.15) is 0 Å². The number of esters is 2. The molecule has 0 amide bonds. The van der Waals surface area contributed by atoms with Gasteiger partial charge in [0.15, 0.2) is 24.1 Å². The summed E-state index contributed by atoms with van der Waals surface area (Å²) in [5, 5.41) is 30.5. The number of phenols is 1. The van der Waals surface area contributed by atoms with Gasteiger partial charge in [-0.3, -0.25) is 9.59 Å². The maximum Gasteiger partial charge on any atom is 0.342 e. The van der Waals surface area contributed by atoms with Crippen LogP contribution in [0.15, 0.2) is 60.7 Å². The Morgan fingerprint density at radius 2 is 1.16 bits per heavy atom. The fourth-order valence-electron chi connectivity index (χ4n) is 6.79. The van der Waals surface area contributed by atoms with Gasteiger partial charge in [0.2, 0.25) is 0 Å². The van der Waals surface area contributed by atoms with E-state index in [1.54, 1.807) is 45.9 Å². The van der Waals surface area contributed by atoms with E-state index in [1.807, 2.05) is 6.08 Å². The molecule has 0 unspecified atom stereocenters. The summed E-state index contributed by atoms with van der Waals surface area (Å²) >= 11 is 0. The lowest BCUT2D eigenvalue weighted by Gasteiger charge is -2.23. The average molecular weight is 945 g/mol. The fraction of sp³-hybridized carbons (Fsp3) is 0.500. The molecule has 8 atom stereocenters. The van der Waals surface area contributed by atoms with Gasteiger partial charge in [-0.1, -0.05) is 31.7 Å². The molecule has 0 aromatic heterocycles. The molecule has 370 valence electrons. The van der Waals surface area contributed by atoms with E-state index in [1.165, 1.54) is 78.1 Å². The van der Waals surface area contributed by atoms with Gasteiger partial charge in [0.05, 0.1) is 26.4 Å². The first-order valence-electron chi connectivity index (χ1n) is 20.8. The molecule has 3 aliphatic heterocycles. The van der Waals surface area contributed by atoms with E-state index in [0.717, 1.165) is 6.08 Å². The van der Waals surface area contributed by atoms with Crippen molar-refractivity contribution < 1.29 is 91.3 Å². The largest absolute Gasteiger partial charge is 0.507 e. The van der Waals surface area contributed by atoms with Crippen molar-refractivity contribution in [1.29, 1.82) is 0 Å². The number of ketones is 2. The van der Waals surface area contributed by atoms with Crippen molar-refractivity contribution in [2.75, 3.05) is 55.9 Å². The second kappa shape index (κ2) is 26.8. The Hall–Kier alpha value is -5.48. The van der Waals surface area contributed by atoms with Gasteiger partial charge in [0, 0.05) is 33.5 Å². The number of ether oxygens (including phenoxy) is 12. The first kappa shape index (κ1) is 55.8. The number of carbonyl (C=O) groups is 4. The van der Waals surface area contributed by atoms with E-state index in [-0.39, 0.29) is 68.2 Å². The minimum Gasteiger partial charge on any atom is -0.507 e. The summed E-state index contributed by atoms with van der Waals surface area (Å²) in [6.07, 6.45) is 4.37. The summed E-state index contributed by atoms with van der Waals surface area (Å²) in [4.78, 5) is 51.3. The molecule has 0 bridgehead atoms. The standard InChI is InChI=1S/C26H34O10.C21H26O9.CH4/c1-16-20(32-14-29-4)11-10-19(27)24-21(35-26(2,3)36-24)9-7-8-17-12-18(31-6)13-22(33-15-30-5)23(17)25(28)34-16;1-12-18(29-11-27-2)8-7-16(23)20(25)15(22)6-4-5-13-9-14(28-3)10-17(24)19(13)21(26)30-12;/h7-8,10-13,16,20-21,24H,9,14-15H2,1-6H3;4-5,7-10,12,15,18,20,22,24-25H,6,11H2,1-3H3;1H4/b8-7?,11-10-;5-4+,8-7-;/t16-,20+,21-,24+;12-,15-,18+,20-;/m00./s1. The molecule has 0 aliphatic carbocycles. The Morgan fingerprint density at radius 3 is 1.72 bits per heavy atom. The first-order chi connectivity index (χ1) is 31.5. The van der Waals surface area contributed by atoms with Crippen molar-refractivity contribution in [2.24, 2.45) is 0 Å². The smallest absolute Gasteiger partial charge is 0.342 e. The van der Waals surface area contributed by atoms with Gasteiger partial charge < -0.3 is 72.2 Å². The van der Waals surface area contributed by atoms with E-state index in [9.17, 15) is 34.5 Å². The number of hydrogen-bond acceptors (Lipinski definition) is 19. The molecule has 67 heavy (non-hydrogen) atoms. The minimum atomic E-state index is -1.65. The second-order valence-corrected chi connectivity index (χ2v) is 15.5. The van der Waals surface area contributed by atoms with Crippen LogP contribution in [0.3, 0.4) is 0 Å². The van der Waals surface area contributed by atoms with Crippen LogP contribution in [0, 0.1) is 0 Å². The molecule has 0 radical (unpaired) electrons. The topological polar surface area (TPSA) is 240 Å². The van der Waals surface area contributed by atoms with Crippen LogP contribution in [0.2, 0.25) is 0 Å². The summed E-state index contributed by atoms with van der Waals surface area (Å²) in [6.45, 7) is 6.43. The molecular weight excluding hydrogens is 881 g/mol. The molecule has 0 spiro atoms. The third-order valence-corrected chi connectivity index (χ3v) is 10.1. The predicted octanol–water partition coefficient (Wildman–Crippen LogP) is 5.11. The number of phenolic OH excluding ortho intramolecular Hbond substituents is 1. The van der Waals surface area contributed by atoms with Gasteiger partial charge in [0.25, 0.3) is 0 Å². The molecule has 3 heterocycles. The zero-order valence-corrected chi connectivity index (χ0v) is 38.5. The maximum atomic E-state index is 13.4. The van der Waals surface area contributed by atoms with Crippen molar-refractivity contribution in [2.45, 2.75) is 103 Å². The Balaban J connectivity index is 0.000000356. The number of carbonyl (C=O) groups excluding carboxylic acids is 4. The number of cyclic esters (lactones) is 2. The van der Waals surface area contributed by atoms with Gasteiger partial charge in [0.1, 0.15) is 84.3 Å². The number of methoxy groups -OCH3 is 5. The highest BCUT2D eigenvalue weighted by Crippen LogP contribution is 2.35. The monoisotopic (exact) mass is 944 g/mol. The predicted molar refractivity (Wildman–Crippen MR) is 242 cm³/mol. The number of aliphatic hydroxyl groups excluding tert-OH is 2. The lowest BCUT2D eigenvalue weighted by molar-refractivity contribution is -0.152. The molecule has 5 rings (SSSR count). The highest BCUT2D eigenvalue weighted by atomic mass is 16.8. The molecule has 19 nitrogen and oxygen atoms in total. The molecule has 2 aromatic rings. The van der Waals surface area contributed by atoms with Crippen molar-refractivity contribution in [3.05, 3.63) is 83.0 Å². The molecule has 0 saturated carbocycles. The van der Waals surface area contributed by atoms with Crippen LogP contribution in [0.1, 0.15) is 79.8 Å². The van der Waals surface area contributed by atoms with Gasteiger partial charge >= 0.3 is 11.9 Å². The normalized spacial score (nSPS) is 26.8. The van der Waals surface area contributed by atoms with Crippen LogP contribution in [0.25, 0.3) is 12.2 Å². The number of benzene rings is 2.